The zero-order chi connectivity index (χ0) is 31.7. The molecule has 2 saturated heterocycles. The van der Waals surface area contributed by atoms with Crippen LogP contribution in [0.2, 0.25) is 0 Å². The van der Waals surface area contributed by atoms with Gasteiger partial charge in [-0.3, -0.25) is 28.8 Å². The fraction of sp³-hybridized carbons (Fsp3) is 0.667. The molecule has 2 amide bonds. The number of aliphatic hydroxyl groups excluding tert-OH is 1. The van der Waals surface area contributed by atoms with Crippen molar-refractivity contribution in [2.45, 2.75) is 77.3 Å². The maximum Gasteiger partial charge on any atom is 0.327 e. The van der Waals surface area contributed by atoms with Crippen LogP contribution in [0.25, 0.3) is 11.2 Å². The molecule has 0 aromatic carbocycles. The summed E-state index contributed by atoms with van der Waals surface area (Å²) in [5.74, 6) is -2.61. The minimum Gasteiger partial charge on any atom is -0.476 e. The molecule has 2 aliphatic heterocycles. The van der Waals surface area contributed by atoms with Crippen molar-refractivity contribution < 1.29 is 47.2 Å². The Bertz CT molecular complexity index is 1430. The molecule has 238 valence electrons. The Balaban J connectivity index is 1.53. The molecule has 7 atom stereocenters. The third-order valence-corrected chi connectivity index (χ3v) is 10.8. The molecule has 19 heteroatoms. The summed E-state index contributed by atoms with van der Waals surface area (Å²) in [7, 11) is 0. The van der Waals surface area contributed by atoms with Crippen LogP contribution in [0.5, 0.6) is 5.88 Å². The largest absolute Gasteiger partial charge is 0.476 e. The molecule has 2 unspecified atom stereocenters. The Morgan fingerprint density at radius 1 is 1.40 bits per heavy atom. The third-order valence-electron chi connectivity index (χ3n) is 6.63. The van der Waals surface area contributed by atoms with E-state index < -0.39 is 73.3 Å². The molecule has 5 N–H and O–H groups in total. The Morgan fingerprint density at radius 3 is 2.74 bits per heavy atom. The summed E-state index contributed by atoms with van der Waals surface area (Å²) in [6.07, 6.45) is -3.85. The van der Waals surface area contributed by atoms with E-state index in [-0.39, 0.29) is 41.8 Å². The van der Waals surface area contributed by atoms with Crippen molar-refractivity contribution in [3.63, 3.8) is 0 Å². The summed E-state index contributed by atoms with van der Waals surface area (Å²) in [5.41, 5.74) is 3.71. The number of carbonyl (C=O) groups excluding carboxylic acids is 3. The van der Waals surface area contributed by atoms with Gasteiger partial charge < -0.3 is 29.6 Å². The van der Waals surface area contributed by atoms with Crippen LogP contribution in [-0.2, 0) is 32.9 Å². The summed E-state index contributed by atoms with van der Waals surface area (Å²) < 4.78 is 53.4. The molecule has 2 aromatic heterocycles. The number of esters is 1. The number of imidazole rings is 1. The first kappa shape index (κ1) is 33.0. The molecule has 4 heterocycles. The Labute approximate surface area is 250 Å². The number of hydrogen-bond donors (Lipinski definition) is 4. The van der Waals surface area contributed by atoms with Gasteiger partial charge in [-0.15, -0.1) is 0 Å². The molecule has 2 aromatic rings. The van der Waals surface area contributed by atoms with Gasteiger partial charge in [0.05, 0.1) is 31.6 Å². The lowest BCUT2D eigenvalue weighted by Crippen LogP contribution is -2.41. The van der Waals surface area contributed by atoms with Gasteiger partial charge in [-0.1, -0.05) is 11.4 Å². The van der Waals surface area contributed by atoms with Crippen molar-refractivity contribution in [2.75, 3.05) is 24.7 Å². The van der Waals surface area contributed by atoms with Crippen molar-refractivity contribution in [3.8, 4) is 5.88 Å². The van der Waals surface area contributed by atoms with Crippen molar-refractivity contribution in [1.82, 2.24) is 29.9 Å². The minimum atomic E-state index is -4.04. The lowest BCUT2D eigenvalue weighted by Gasteiger charge is -2.25. The van der Waals surface area contributed by atoms with Gasteiger partial charge in [-0.25, -0.2) is 14.5 Å². The number of carbonyl (C=O) groups is 3. The van der Waals surface area contributed by atoms with Gasteiger partial charge in [0.2, 0.25) is 23.6 Å². The summed E-state index contributed by atoms with van der Waals surface area (Å²) in [4.78, 5) is 48.4. The summed E-state index contributed by atoms with van der Waals surface area (Å²) in [6.45, 7) is 3.21. The molecule has 2 aliphatic rings. The number of nitrogens with two attached hydrogens (primary N) is 1. The van der Waals surface area contributed by atoms with Crippen LogP contribution < -0.4 is 20.9 Å². The number of aliphatic hydroxyl groups is 1. The molecular formula is C24H35FN7O9PS. The van der Waals surface area contributed by atoms with E-state index in [0.717, 1.165) is 6.92 Å². The van der Waals surface area contributed by atoms with E-state index in [0.29, 0.717) is 11.4 Å². The lowest BCUT2D eigenvalue weighted by molar-refractivity contribution is -0.149. The molecule has 0 spiro atoms. The number of anilines is 1. The second-order valence-electron chi connectivity index (χ2n) is 10.5. The van der Waals surface area contributed by atoms with Gasteiger partial charge in [0.1, 0.15) is 18.2 Å². The maximum atomic E-state index is 16.0. The highest BCUT2D eigenvalue weighted by molar-refractivity contribution is 8.56. The Kier molecular flexibility index (Phi) is 9.98. The molecule has 43 heavy (non-hydrogen) atoms. The van der Waals surface area contributed by atoms with Crippen LogP contribution in [0, 0.1) is 5.92 Å². The predicted molar refractivity (Wildman–Crippen MR) is 151 cm³/mol. The van der Waals surface area contributed by atoms with E-state index in [9.17, 15) is 24.1 Å². The van der Waals surface area contributed by atoms with E-state index in [2.05, 4.69) is 25.4 Å². The second kappa shape index (κ2) is 13.0. The zero-order valence-electron chi connectivity index (χ0n) is 24.2. The fourth-order valence-corrected chi connectivity index (χ4v) is 8.53. The molecule has 0 radical (unpaired) electrons. The smallest absolute Gasteiger partial charge is 0.327 e. The third kappa shape index (κ3) is 7.26. The van der Waals surface area contributed by atoms with E-state index in [4.69, 9.17) is 24.5 Å². The molecule has 16 nitrogen and oxygen atoms in total. The van der Waals surface area contributed by atoms with Gasteiger partial charge in [0.15, 0.2) is 23.1 Å². The monoisotopic (exact) mass is 647 g/mol. The van der Waals surface area contributed by atoms with E-state index in [1.54, 1.807) is 20.8 Å². The second-order valence-corrected chi connectivity index (χ2v) is 14.8. The van der Waals surface area contributed by atoms with Crippen LogP contribution in [-0.4, -0.2) is 91.4 Å². The van der Waals surface area contributed by atoms with E-state index in [1.807, 2.05) is 0 Å². The van der Waals surface area contributed by atoms with Gasteiger partial charge in [0.25, 0.3) is 0 Å². The van der Waals surface area contributed by atoms with Crippen molar-refractivity contribution in [1.29, 1.82) is 0 Å². The maximum absolute atomic E-state index is 16.0. The number of fused-ring (bicyclic) bond motifs is 1. The van der Waals surface area contributed by atoms with Gasteiger partial charge in [-0.2, -0.15) is 9.97 Å². The summed E-state index contributed by atoms with van der Waals surface area (Å²) in [5, 5.41) is 15.7. The van der Waals surface area contributed by atoms with Crippen molar-refractivity contribution >= 4 is 53.0 Å². The topological polar surface area (TPSA) is 219 Å². The zero-order valence-corrected chi connectivity index (χ0v) is 25.9. The van der Waals surface area contributed by atoms with Gasteiger partial charge >= 0.3 is 12.7 Å². The van der Waals surface area contributed by atoms with Crippen LogP contribution >= 0.6 is 18.1 Å². The van der Waals surface area contributed by atoms with Gasteiger partial charge in [-0.05, 0) is 34.6 Å². The molecule has 2 fully saturated rings. The summed E-state index contributed by atoms with van der Waals surface area (Å²) >= 11 is 0.695. The highest BCUT2D eigenvalue weighted by Gasteiger charge is 2.56. The van der Waals surface area contributed by atoms with Crippen molar-refractivity contribution in [3.05, 3.63) is 6.33 Å². The van der Waals surface area contributed by atoms with Crippen LogP contribution in [0.4, 0.5) is 10.3 Å². The van der Waals surface area contributed by atoms with Crippen molar-refractivity contribution in [2.24, 2.45) is 5.92 Å². The van der Waals surface area contributed by atoms with E-state index >= 15 is 4.39 Å². The number of ether oxygens (including phenoxy) is 3. The fourth-order valence-electron chi connectivity index (χ4n) is 4.50. The normalized spacial score (nSPS) is 27.8. The molecule has 0 bridgehead atoms. The predicted octanol–water partition coefficient (Wildman–Crippen LogP) is 1.24. The number of halogens is 1. The molecular weight excluding hydrogens is 612 g/mol. The lowest BCUT2D eigenvalue weighted by atomic mass is 9.98. The standard InChI is InChI=1S/C24H35FN7O9PS/c1-6-38-20-16-18(29-23(26)30-20)32(10-27-16)22-24(5,25)17(34)14(41-22)8-39-42(37,31-12(4)21(36)40-11(2)3)43-9-13-7-15(33)28-19(13)35/h10-14,17,22,34H,6-9H2,1-5H3,(H,31,37)(H2,26,29,30)(H,28,33,35)/t12-,13?,14-,17-,22?,24-,42+/m1/s1. The number of alkyl halides is 1. The van der Waals surface area contributed by atoms with Crippen LogP contribution in [0.3, 0.4) is 0 Å². The van der Waals surface area contributed by atoms with Gasteiger partial charge in [0, 0.05) is 12.2 Å². The Morgan fingerprint density at radius 2 is 2.12 bits per heavy atom. The number of amides is 2. The highest BCUT2D eigenvalue weighted by atomic mass is 32.7. The molecule has 4 rings (SSSR count). The SMILES string of the molecule is CCOc1nc(N)nc2c1ncn2C1O[C@H](CO[P@@](=O)(N[C@H](C)C(=O)OC(C)C)SCC2CC(=O)NC2=O)[C@@H](O)[C@@]1(C)F. The van der Waals surface area contributed by atoms with E-state index in [1.165, 1.54) is 17.8 Å². The quantitative estimate of drug-likeness (QED) is 0.137. The van der Waals surface area contributed by atoms with Crippen LogP contribution in [0.1, 0.15) is 47.3 Å². The van der Waals surface area contributed by atoms with Crippen LogP contribution in [0.15, 0.2) is 6.33 Å². The number of imide groups is 1. The first-order chi connectivity index (χ1) is 20.1. The minimum absolute atomic E-state index is 0.0877. The average Bonchev–Trinajstić information content (AvgIpc) is 3.54. The number of rotatable bonds is 13. The number of nitrogen functional groups attached to an aromatic ring is 1. The first-order valence-electron chi connectivity index (χ1n) is 13.5. The average molecular weight is 648 g/mol. The summed E-state index contributed by atoms with van der Waals surface area (Å²) in [6, 6.07) is -1.10. The highest BCUT2D eigenvalue weighted by Crippen LogP contribution is 2.58. The number of nitrogens with one attached hydrogen (secondary N) is 2. The first-order valence-corrected chi connectivity index (χ1v) is 16.7. The Hall–Kier alpha value is -2.89. The number of hydrogen-bond acceptors (Lipinski definition) is 14. The number of nitrogens with zero attached hydrogens (tertiary/aromatic N) is 4. The molecule has 0 saturated carbocycles. The molecule has 0 aliphatic carbocycles. The number of aromatic nitrogens is 4.